The van der Waals surface area contributed by atoms with Crippen LogP contribution in [-0.4, -0.2) is 51.4 Å². The molecule has 1 aromatic heterocycles. The molecule has 168 valence electrons. The lowest BCUT2D eigenvalue weighted by Crippen LogP contribution is -2.35. The predicted octanol–water partition coefficient (Wildman–Crippen LogP) is 3.33. The van der Waals surface area contributed by atoms with Crippen LogP contribution in [0.2, 0.25) is 0 Å². The number of phenolic OH excluding ortho intramolecular Hbond substituents is 1. The van der Waals surface area contributed by atoms with Crippen LogP contribution in [0.4, 0.5) is 0 Å². The number of aliphatic hydroxyl groups is 1. The van der Waals surface area contributed by atoms with Gasteiger partial charge in [-0.2, -0.15) is 4.98 Å². The molecule has 2 aromatic rings. The summed E-state index contributed by atoms with van der Waals surface area (Å²) in [5.74, 6) is 1.32. The Hall–Kier alpha value is -2.38. The molecule has 0 bridgehead atoms. The first-order chi connectivity index (χ1) is 14.9. The molecule has 1 aliphatic carbocycles. The zero-order valence-corrected chi connectivity index (χ0v) is 18.9. The fraction of sp³-hybridized carbons (Fsp3) is 0.583. The van der Waals surface area contributed by atoms with Gasteiger partial charge in [-0.3, -0.25) is 4.90 Å². The molecule has 1 aromatic carbocycles. The molecule has 7 nitrogen and oxygen atoms in total. The summed E-state index contributed by atoms with van der Waals surface area (Å²) in [6, 6.07) is 4.38. The molecule has 31 heavy (non-hydrogen) atoms. The molecule has 2 heterocycles. The van der Waals surface area contributed by atoms with Crippen molar-refractivity contribution in [3.8, 4) is 17.6 Å². The Bertz CT molecular complexity index is 927. The molecule has 2 fully saturated rings. The van der Waals surface area contributed by atoms with Gasteiger partial charge in [0.25, 0.3) is 0 Å². The van der Waals surface area contributed by atoms with E-state index in [0.29, 0.717) is 42.7 Å². The third kappa shape index (κ3) is 4.08. The minimum absolute atomic E-state index is 0.104. The highest BCUT2D eigenvalue weighted by atomic mass is 16.5. The lowest BCUT2D eigenvalue weighted by molar-refractivity contribution is -0.0101. The van der Waals surface area contributed by atoms with E-state index in [1.54, 1.807) is 6.20 Å². The Labute approximate surface area is 184 Å². The van der Waals surface area contributed by atoms with E-state index in [9.17, 15) is 10.2 Å². The molecule has 2 N–H and O–H groups in total. The van der Waals surface area contributed by atoms with Crippen molar-refractivity contribution in [2.24, 2.45) is 11.8 Å². The van der Waals surface area contributed by atoms with Gasteiger partial charge >= 0.3 is 6.01 Å². The lowest BCUT2D eigenvalue weighted by atomic mass is 9.83. The fourth-order valence-electron chi connectivity index (χ4n) is 5.34. The number of phenols is 1. The molecule has 0 radical (unpaired) electrons. The molecule has 4 rings (SSSR count). The second-order valence-electron chi connectivity index (χ2n) is 8.84. The molecule has 1 aliphatic heterocycles. The summed E-state index contributed by atoms with van der Waals surface area (Å²) in [6.07, 6.45) is 3.33. The molecule has 0 unspecified atom stereocenters. The minimum atomic E-state index is -1.00. The summed E-state index contributed by atoms with van der Waals surface area (Å²) >= 11 is 0. The number of hydrogen-bond donors (Lipinski definition) is 2. The smallest absolute Gasteiger partial charge is 0.319 e. The first-order valence-electron chi connectivity index (χ1n) is 11.2. The van der Waals surface area contributed by atoms with E-state index < -0.39 is 5.60 Å². The van der Waals surface area contributed by atoms with Crippen molar-refractivity contribution in [2.75, 3.05) is 26.3 Å². The second kappa shape index (κ2) is 8.63. The van der Waals surface area contributed by atoms with Crippen molar-refractivity contribution in [3.05, 3.63) is 40.6 Å². The summed E-state index contributed by atoms with van der Waals surface area (Å²) in [4.78, 5) is 11.1. The van der Waals surface area contributed by atoms with E-state index in [1.807, 2.05) is 27.7 Å². The van der Waals surface area contributed by atoms with E-state index in [0.717, 1.165) is 37.2 Å². The largest absolute Gasteiger partial charge is 0.507 e. The van der Waals surface area contributed by atoms with Crippen LogP contribution in [-0.2, 0) is 12.1 Å². The molecule has 2 aliphatic rings. The van der Waals surface area contributed by atoms with Gasteiger partial charge in [-0.15, -0.1) is 0 Å². The van der Waals surface area contributed by atoms with Gasteiger partial charge in [-0.1, -0.05) is 12.1 Å². The molecule has 3 atom stereocenters. The van der Waals surface area contributed by atoms with Crippen LogP contribution < -0.4 is 9.47 Å². The minimum Gasteiger partial charge on any atom is -0.507 e. The maximum Gasteiger partial charge on any atom is 0.319 e. The maximum atomic E-state index is 11.8. The number of aromatic hydroxyl groups is 1. The SMILES string of the molecule is CCOc1ncc([C@]2(O)CC[C@H]3CN(Cc4cc(C)c(O)c(C)c4)C[C@H]32)c(OCC)n1. The Morgan fingerprint density at radius 3 is 2.52 bits per heavy atom. The van der Waals surface area contributed by atoms with Crippen molar-refractivity contribution in [1.82, 2.24) is 14.9 Å². The van der Waals surface area contributed by atoms with Crippen molar-refractivity contribution < 1.29 is 19.7 Å². The molecular weight excluding hydrogens is 394 g/mol. The van der Waals surface area contributed by atoms with Gasteiger partial charge in [-0.05, 0) is 63.1 Å². The van der Waals surface area contributed by atoms with Crippen molar-refractivity contribution in [3.63, 3.8) is 0 Å². The van der Waals surface area contributed by atoms with E-state index in [1.165, 1.54) is 5.56 Å². The van der Waals surface area contributed by atoms with E-state index in [4.69, 9.17) is 9.47 Å². The monoisotopic (exact) mass is 427 g/mol. The van der Waals surface area contributed by atoms with Gasteiger partial charge in [-0.25, -0.2) is 4.98 Å². The summed E-state index contributed by atoms with van der Waals surface area (Å²) in [7, 11) is 0. The van der Waals surface area contributed by atoms with Gasteiger partial charge in [0, 0.05) is 31.7 Å². The molecule has 1 saturated heterocycles. The van der Waals surface area contributed by atoms with Crippen molar-refractivity contribution in [2.45, 2.75) is 52.7 Å². The lowest BCUT2D eigenvalue weighted by Gasteiger charge is -2.31. The number of likely N-dealkylation sites (tertiary alicyclic amines) is 1. The van der Waals surface area contributed by atoms with Crippen LogP contribution in [0, 0.1) is 25.7 Å². The highest BCUT2D eigenvalue weighted by molar-refractivity contribution is 5.42. The summed E-state index contributed by atoms with van der Waals surface area (Å²) in [6.45, 7) is 11.2. The van der Waals surface area contributed by atoms with Crippen LogP contribution in [0.3, 0.4) is 0 Å². The quantitative estimate of drug-likeness (QED) is 0.701. The molecule has 7 heteroatoms. The van der Waals surface area contributed by atoms with Crippen LogP contribution in [0.5, 0.6) is 17.6 Å². The fourth-order valence-corrected chi connectivity index (χ4v) is 5.34. The summed E-state index contributed by atoms with van der Waals surface area (Å²) in [5, 5.41) is 21.9. The zero-order valence-electron chi connectivity index (χ0n) is 18.9. The summed E-state index contributed by atoms with van der Waals surface area (Å²) < 4.78 is 11.2. The van der Waals surface area contributed by atoms with E-state index in [2.05, 4.69) is 27.0 Å². The van der Waals surface area contributed by atoms with Crippen LogP contribution >= 0.6 is 0 Å². The Morgan fingerprint density at radius 1 is 1.13 bits per heavy atom. The number of hydrogen-bond acceptors (Lipinski definition) is 7. The number of rotatable bonds is 7. The average Bonchev–Trinajstić information content (AvgIpc) is 3.27. The van der Waals surface area contributed by atoms with Crippen LogP contribution in [0.25, 0.3) is 0 Å². The van der Waals surface area contributed by atoms with Gasteiger partial charge in [0.1, 0.15) is 11.4 Å². The standard InChI is InChI=1S/C24H33N3O4/c1-5-30-22-19(11-25-23(26-22)31-6-2)24(29)8-7-18-13-27(14-20(18)24)12-17-9-15(3)21(28)16(4)10-17/h9-11,18,20,28-29H,5-8,12-14H2,1-4H3/t18-,20+,24+/m0/s1. The molecule has 1 saturated carbocycles. The number of nitrogens with zero attached hydrogens (tertiary/aromatic N) is 3. The van der Waals surface area contributed by atoms with Gasteiger partial charge in [0.15, 0.2) is 0 Å². The summed E-state index contributed by atoms with van der Waals surface area (Å²) in [5.41, 5.74) is 2.66. The third-order valence-electron chi connectivity index (χ3n) is 6.74. The third-order valence-corrected chi connectivity index (χ3v) is 6.74. The average molecular weight is 428 g/mol. The van der Waals surface area contributed by atoms with E-state index >= 15 is 0 Å². The normalized spacial score (nSPS) is 25.6. The number of aromatic nitrogens is 2. The first-order valence-corrected chi connectivity index (χ1v) is 11.2. The zero-order chi connectivity index (χ0) is 22.2. The van der Waals surface area contributed by atoms with Gasteiger partial charge < -0.3 is 19.7 Å². The number of benzene rings is 1. The van der Waals surface area contributed by atoms with Crippen LogP contribution in [0.15, 0.2) is 18.3 Å². The van der Waals surface area contributed by atoms with Gasteiger partial charge in [0.05, 0.1) is 18.8 Å². The van der Waals surface area contributed by atoms with Crippen LogP contribution in [0.1, 0.15) is 48.9 Å². The van der Waals surface area contributed by atoms with Crippen molar-refractivity contribution in [1.29, 1.82) is 0 Å². The van der Waals surface area contributed by atoms with E-state index in [-0.39, 0.29) is 11.9 Å². The maximum absolute atomic E-state index is 11.8. The molecule has 0 spiro atoms. The molecule has 0 amide bonds. The Balaban J connectivity index is 1.56. The molecular formula is C24H33N3O4. The highest BCUT2D eigenvalue weighted by Crippen LogP contribution is 2.52. The predicted molar refractivity (Wildman–Crippen MR) is 117 cm³/mol. The first kappa shape index (κ1) is 21.8. The van der Waals surface area contributed by atoms with Gasteiger partial charge in [0.2, 0.25) is 5.88 Å². The highest BCUT2D eigenvalue weighted by Gasteiger charge is 2.53. The Kier molecular flexibility index (Phi) is 6.08. The number of ether oxygens (including phenoxy) is 2. The Morgan fingerprint density at radius 2 is 1.84 bits per heavy atom. The number of aryl methyl sites for hydroxylation is 2. The topological polar surface area (TPSA) is 87.9 Å². The second-order valence-corrected chi connectivity index (χ2v) is 8.84. The van der Waals surface area contributed by atoms with Crippen molar-refractivity contribution >= 4 is 0 Å². The number of fused-ring (bicyclic) bond motifs is 1.